The summed E-state index contributed by atoms with van der Waals surface area (Å²) in [5.41, 5.74) is -3.19. The van der Waals surface area contributed by atoms with E-state index in [2.05, 4.69) is 69.7 Å². The number of alkyl carbamates (subject to hydrolysis) is 4. The number of hydrogen-bond acceptors (Lipinski definition) is 24. The summed E-state index contributed by atoms with van der Waals surface area (Å²) in [4.78, 5) is 202. The van der Waals surface area contributed by atoms with Crippen molar-refractivity contribution in [3.63, 3.8) is 0 Å². The summed E-state index contributed by atoms with van der Waals surface area (Å²) in [7, 11) is 0. The highest BCUT2D eigenvalue weighted by molar-refractivity contribution is 5.99. The first-order valence-corrected chi connectivity index (χ1v) is 43.2. The largest absolute Gasteiger partial charge is 0.444 e. The van der Waals surface area contributed by atoms with Crippen molar-refractivity contribution in [3.05, 3.63) is 35.9 Å². The van der Waals surface area contributed by atoms with Gasteiger partial charge in [-0.15, -0.1) is 6.42 Å². The van der Waals surface area contributed by atoms with E-state index in [0.717, 1.165) is 12.8 Å². The zero-order valence-electron chi connectivity index (χ0n) is 75.8. The Bertz CT molecular complexity index is 3480. The number of aliphatic hydroxyl groups is 2. The average molecular weight is 1740 g/mol. The molecule has 0 saturated carbocycles. The van der Waals surface area contributed by atoms with Crippen LogP contribution < -0.4 is 63.8 Å². The van der Waals surface area contributed by atoms with Gasteiger partial charge < -0.3 is 112 Å². The highest BCUT2D eigenvalue weighted by Crippen LogP contribution is 2.22. The Labute approximate surface area is 726 Å². The van der Waals surface area contributed by atoms with Crippen molar-refractivity contribution in [1.29, 1.82) is 0 Å². The quantitative estimate of drug-likeness (QED) is 0.0214. The van der Waals surface area contributed by atoms with Crippen LogP contribution in [0.15, 0.2) is 30.3 Å². The third-order valence-electron chi connectivity index (χ3n) is 18.7. The molecule has 1 saturated heterocycles. The lowest BCUT2D eigenvalue weighted by molar-refractivity contribution is -0.137. The average Bonchev–Trinajstić information content (AvgIpc) is 1.37. The second-order valence-electron chi connectivity index (χ2n) is 35.1. The van der Waals surface area contributed by atoms with Gasteiger partial charge in [0.25, 0.3) is 0 Å². The van der Waals surface area contributed by atoms with Gasteiger partial charge in [0.1, 0.15) is 65.3 Å². The molecular formula is C87H146N12O24. The van der Waals surface area contributed by atoms with Gasteiger partial charge in [0.15, 0.2) is 11.6 Å². The van der Waals surface area contributed by atoms with Crippen LogP contribution >= 0.6 is 0 Å². The van der Waals surface area contributed by atoms with Crippen molar-refractivity contribution < 1.29 is 115 Å². The van der Waals surface area contributed by atoms with Gasteiger partial charge in [-0.25, -0.2) is 19.2 Å². The van der Waals surface area contributed by atoms with Gasteiger partial charge in [-0.05, 0) is 166 Å². The van der Waals surface area contributed by atoms with Gasteiger partial charge in [0, 0.05) is 70.4 Å². The number of unbranched alkanes of at least 4 members (excludes halogenated alkanes) is 3. The van der Waals surface area contributed by atoms with E-state index in [9.17, 15) is 53.4 Å². The van der Waals surface area contributed by atoms with Gasteiger partial charge in [-0.2, -0.15) is 0 Å². The maximum Gasteiger partial charge on any atom is 0.407 e. The predicted molar refractivity (Wildman–Crippen MR) is 459 cm³/mol. The minimum Gasteiger partial charge on any atom is -0.444 e. The second kappa shape index (κ2) is 58.0. The molecule has 0 unspecified atom stereocenters. The van der Waals surface area contributed by atoms with E-state index < -0.39 is 204 Å². The zero-order chi connectivity index (χ0) is 92.5. The van der Waals surface area contributed by atoms with Crippen molar-refractivity contribution in [1.82, 2.24) is 63.8 Å². The SMILES string of the molecule is C#CCOCCOCCOCCOCCC[C@@H](CCNC(=O)OC(C)(C)C)C(=O)N[C@H](C(=O)C[C@@H](CCNC(=O)OC(C)(C)C)C(=O)N[C@H]1CCNC(=O)[C@H]([C@@H](C)O)CC(=O)[C@H](CCNC(=O)OC(C)(C)C)NC(=O)[C@H](CCNC(=O)OC(C)(C)C)NC(=O)[C@H](CC(C)C)NC(=O)[C@@H](Cc2ccccc2)NC(=O)[C@H](CCC)NC1=O)[C@H](O)CCCCCC. The molecule has 2 rings (SSSR count). The van der Waals surface area contributed by atoms with Gasteiger partial charge in [-0.1, -0.05) is 96.1 Å². The summed E-state index contributed by atoms with van der Waals surface area (Å²) in [6.07, 6.45) is -1.35. The number of hydrogen-bond donors (Lipinski definition) is 14. The minimum atomic E-state index is -1.75. The molecule has 0 bridgehead atoms. The lowest BCUT2D eigenvalue weighted by Crippen LogP contribution is -2.60. The van der Waals surface area contributed by atoms with Crippen molar-refractivity contribution >= 4 is 83.2 Å². The topological polar surface area (TPSA) is 498 Å². The molecule has 0 aliphatic carbocycles. The molecule has 1 heterocycles. The van der Waals surface area contributed by atoms with E-state index in [-0.39, 0.29) is 129 Å². The molecule has 1 aromatic carbocycles. The fraction of sp³-hybridized carbons (Fsp3) is 0.747. The van der Waals surface area contributed by atoms with Crippen LogP contribution in [-0.4, -0.2) is 256 Å². The molecule has 1 aromatic rings. The van der Waals surface area contributed by atoms with Crippen LogP contribution in [0.2, 0.25) is 0 Å². The standard InChI is InChI=1S/C87H146N12O24/c1-19-22-23-27-33-68(101)71(99-72(104)59(34-39-89-80(112)120-84(7,8)9)32-28-45-117-47-49-119-51-50-118-48-46-116-44-21-3)70(103)54-60(35-40-90-81(113)121-85(10,11)12)73(105)94-64-37-41-88-74(106)61(57(6)100)55-69(102)62(36-42-91-82(114)122-86(13,14)15)93-76(108)65(38-43-92-83(115)123-87(16,17)18)96-78(110)66(52-56(4)5)97-79(111)67(53-58-30-25-24-26-31-58)98-75(107)63(29-20-2)95-77(64)109/h3,24-26,30-31,56-57,59-68,71,100-101H,19-20,22-23,27-29,32-55H2,1-2,4-18H3,(H,88,106)(H,89,112)(H,90,113)(H,91,114)(H,92,115)(H,93,108)(H,94,105)(H,95,109)(H,96,110)(H,97,111)(H,98,107)(H,99,104)/t57-,59+,60-,61+,62+,63+,64+,65+,66+,67-,68-,71+/m1/s1. The van der Waals surface area contributed by atoms with Crippen LogP contribution in [0.5, 0.6) is 0 Å². The van der Waals surface area contributed by atoms with Crippen LogP contribution in [0.1, 0.15) is 232 Å². The summed E-state index contributed by atoms with van der Waals surface area (Å²) in [6, 6.07) is -2.49. The Morgan fingerprint density at radius 2 is 0.951 bits per heavy atom. The van der Waals surface area contributed by atoms with E-state index in [1.165, 1.54) is 6.92 Å². The van der Waals surface area contributed by atoms with Crippen molar-refractivity contribution in [2.75, 3.05) is 85.6 Å². The van der Waals surface area contributed by atoms with Crippen molar-refractivity contribution in [3.8, 4) is 12.3 Å². The number of ketones is 2. The maximum absolute atomic E-state index is 15.4. The highest BCUT2D eigenvalue weighted by Gasteiger charge is 2.40. The zero-order valence-corrected chi connectivity index (χ0v) is 75.8. The monoisotopic (exact) mass is 1740 g/mol. The summed E-state index contributed by atoms with van der Waals surface area (Å²) in [5.74, 6) is -11.1. The summed E-state index contributed by atoms with van der Waals surface area (Å²) in [5, 5.41) is 55.6. The predicted octanol–water partition coefficient (Wildman–Crippen LogP) is 5.61. The molecule has 36 nitrogen and oxygen atoms in total. The Morgan fingerprint density at radius 3 is 1.46 bits per heavy atom. The van der Waals surface area contributed by atoms with Crippen LogP contribution in [0.3, 0.4) is 0 Å². The van der Waals surface area contributed by atoms with Gasteiger partial charge >= 0.3 is 24.4 Å². The number of ether oxygens (including phenoxy) is 8. The molecule has 0 aromatic heterocycles. The first kappa shape index (κ1) is 110. The molecule has 1 aliphatic rings. The van der Waals surface area contributed by atoms with E-state index in [1.54, 1.807) is 134 Å². The van der Waals surface area contributed by atoms with Crippen LogP contribution in [-0.2, 0) is 92.3 Å². The van der Waals surface area contributed by atoms with Gasteiger partial charge in [0.05, 0.1) is 63.8 Å². The number of benzene rings is 1. The molecule has 12 amide bonds. The first-order valence-electron chi connectivity index (χ1n) is 43.2. The summed E-state index contributed by atoms with van der Waals surface area (Å²) >= 11 is 0. The van der Waals surface area contributed by atoms with Crippen LogP contribution in [0.4, 0.5) is 19.2 Å². The number of rotatable bonds is 46. The van der Waals surface area contributed by atoms with Gasteiger partial charge in [0.2, 0.25) is 47.3 Å². The number of nitrogens with one attached hydrogen (secondary N) is 12. The first-order chi connectivity index (χ1) is 57.7. The van der Waals surface area contributed by atoms with E-state index >= 15 is 24.0 Å². The number of aliphatic hydroxyl groups excluding tert-OH is 2. The molecule has 14 N–H and O–H groups in total. The van der Waals surface area contributed by atoms with E-state index in [4.69, 9.17) is 44.3 Å². The van der Waals surface area contributed by atoms with E-state index in [1.807, 2.05) is 6.92 Å². The third kappa shape index (κ3) is 50.3. The molecule has 123 heavy (non-hydrogen) atoms. The lowest BCUT2D eigenvalue weighted by atomic mass is 9.89. The molecule has 36 heteroatoms. The Morgan fingerprint density at radius 1 is 0.496 bits per heavy atom. The molecule has 1 aliphatic heterocycles. The molecule has 1 fully saturated rings. The Hall–Kier alpha value is -9.28. The van der Waals surface area contributed by atoms with Crippen LogP contribution in [0, 0.1) is 36.0 Å². The number of carbonyl (C=O) groups excluding carboxylic acids is 14. The number of amides is 12. The number of terminal acetylenes is 1. The van der Waals surface area contributed by atoms with Gasteiger partial charge in [-0.3, -0.25) is 47.9 Å². The van der Waals surface area contributed by atoms with E-state index in [0.29, 0.717) is 44.6 Å². The lowest BCUT2D eigenvalue weighted by Gasteiger charge is -2.29. The Balaban J connectivity index is 2.98. The van der Waals surface area contributed by atoms with Crippen molar-refractivity contribution in [2.24, 2.45) is 23.7 Å². The molecule has 0 radical (unpaired) electrons. The molecule has 12 atom stereocenters. The molecule has 698 valence electrons. The highest BCUT2D eigenvalue weighted by atomic mass is 16.6. The third-order valence-corrected chi connectivity index (χ3v) is 18.7. The normalized spacial score (nSPS) is 19.5. The van der Waals surface area contributed by atoms with Crippen LogP contribution in [0.25, 0.3) is 0 Å². The Kier molecular flexibility index (Phi) is 51.8. The molecular weight excluding hydrogens is 1600 g/mol. The number of carbonyl (C=O) groups is 14. The summed E-state index contributed by atoms with van der Waals surface area (Å²) < 4.78 is 43.9. The fourth-order valence-electron chi connectivity index (χ4n) is 12.7. The second-order valence-corrected chi connectivity index (χ2v) is 35.1. The number of Topliss-reactive ketones (excluding diaryl/α,β-unsaturated/α-hetero) is 2. The van der Waals surface area contributed by atoms with Crippen molar-refractivity contribution in [2.45, 2.75) is 310 Å². The maximum atomic E-state index is 15.4. The fourth-order valence-corrected chi connectivity index (χ4v) is 12.7. The molecule has 0 spiro atoms. The minimum absolute atomic E-state index is 0.0164. The smallest absolute Gasteiger partial charge is 0.407 e. The summed E-state index contributed by atoms with van der Waals surface area (Å²) in [6.45, 7) is 28.7.